The fraction of sp³-hybridized carbons (Fsp3) is 0.462. The Morgan fingerprint density at radius 2 is 2.06 bits per heavy atom. The number of amides is 1. The molecule has 18 heavy (non-hydrogen) atoms. The number of pyridine rings is 1. The Balaban J connectivity index is 2.07. The minimum atomic E-state index is -0.556. The van der Waals surface area contributed by atoms with Crippen molar-refractivity contribution in [3.8, 4) is 5.88 Å². The summed E-state index contributed by atoms with van der Waals surface area (Å²) in [4.78, 5) is 27.7. The number of carbonyl (C=O) groups excluding carboxylic acids is 2. The van der Waals surface area contributed by atoms with Crippen LogP contribution < -0.4 is 10.1 Å². The number of rotatable bonds is 1. The minimum absolute atomic E-state index is 0.0138. The fourth-order valence-corrected chi connectivity index (χ4v) is 2.86. The molecule has 5 heteroatoms. The number of carbonyl (C=O) groups is 2. The third-order valence-electron chi connectivity index (χ3n) is 3.95. The number of nitrogens with one attached hydrogen (secondary N) is 1. The number of fused-ring (bicyclic) bond motifs is 2. The summed E-state index contributed by atoms with van der Waals surface area (Å²) in [5, 5.41) is 2.86. The predicted octanol–water partition coefficient (Wildman–Crippen LogP) is 1.42. The second-order valence-corrected chi connectivity index (χ2v) is 4.85. The van der Waals surface area contributed by atoms with Crippen molar-refractivity contribution >= 4 is 17.4 Å². The van der Waals surface area contributed by atoms with Gasteiger partial charge in [-0.05, 0) is 18.4 Å². The van der Waals surface area contributed by atoms with Crippen molar-refractivity contribution in [2.24, 2.45) is 0 Å². The molecule has 0 bridgehead atoms. The number of nitrogens with zero attached hydrogens (tertiary/aromatic N) is 1. The smallest absolute Gasteiger partial charge is 0.235 e. The number of Topliss-reactive ketones (excluding diaryl/α,β-unsaturated/α-hetero) is 1. The van der Waals surface area contributed by atoms with Crippen LogP contribution in [0.1, 0.15) is 31.2 Å². The lowest BCUT2D eigenvalue weighted by atomic mass is 9.70. The van der Waals surface area contributed by atoms with Crippen LogP contribution in [0.25, 0.3) is 0 Å². The quantitative estimate of drug-likeness (QED) is 0.813. The van der Waals surface area contributed by atoms with Crippen molar-refractivity contribution in [1.82, 2.24) is 4.98 Å². The molecule has 1 aliphatic heterocycles. The molecule has 94 valence electrons. The van der Waals surface area contributed by atoms with Gasteiger partial charge in [-0.25, -0.2) is 4.98 Å². The Morgan fingerprint density at radius 3 is 2.72 bits per heavy atom. The minimum Gasteiger partial charge on any atom is -0.481 e. The van der Waals surface area contributed by atoms with Crippen molar-refractivity contribution in [1.29, 1.82) is 0 Å². The fourth-order valence-electron chi connectivity index (χ4n) is 2.86. The monoisotopic (exact) mass is 246 g/mol. The third kappa shape index (κ3) is 1.43. The van der Waals surface area contributed by atoms with E-state index in [1.807, 2.05) is 6.07 Å². The van der Waals surface area contributed by atoms with Gasteiger partial charge in [0.25, 0.3) is 0 Å². The maximum absolute atomic E-state index is 12.2. The SMILES string of the molecule is COc1cc2c(cn1)NC(=O)C21CCC(=O)CC1. The van der Waals surface area contributed by atoms with Gasteiger partial charge in [-0.2, -0.15) is 0 Å². The van der Waals surface area contributed by atoms with Crippen molar-refractivity contribution in [3.05, 3.63) is 17.8 Å². The first-order valence-electron chi connectivity index (χ1n) is 6.03. The van der Waals surface area contributed by atoms with Crippen LogP contribution >= 0.6 is 0 Å². The van der Waals surface area contributed by atoms with Gasteiger partial charge in [0.1, 0.15) is 5.78 Å². The molecule has 0 aromatic carbocycles. The highest BCUT2D eigenvalue weighted by molar-refractivity contribution is 6.07. The number of ketones is 1. The molecule has 1 spiro atoms. The zero-order valence-electron chi connectivity index (χ0n) is 10.2. The lowest BCUT2D eigenvalue weighted by molar-refractivity contribution is -0.126. The summed E-state index contributed by atoms with van der Waals surface area (Å²) in [5.74, 6) is 0.726. The molecule has 1 saturated carbocycles. The van der Waals surface area contributed by atoms with Crippen molar-refractivity contribution < 1.29 is 14.3 Å². The lowest BCUT2D eigenvalue weighted by Crippen LogP contribution is -2.38. The van der Waals surface area contributed by atoms with E-state index in [1.165, 1.54) is 0 Å². The van der Waals surface area contributed by atoms with E-state index in [4.69, 9.17) is 4.74 Å². The van der Waals surface area contributed by atoms with Crippen LogP contribution in [0.2, 0.25) is 0 Å². The number of aromatic nitrogens is 1. The molecule has 1 aromatic rings. The molecule has 2 aliphatic rings. The first-order valence-corrected chi connectivity index (χ1v) is 6.03. The van der Waals surface area contributed by atoms with Gasteiger partial charge < -0.3 is 10.1 Å². The zero-order valence-corrected chi connectivity index (χ0v) is 10.2. The largest absolute Gasteiger partial charge is 0.481 e. The Kier molecular flexibility index (Phi) is 2.36. The molecular weight excluding hydrogens is 232 g/mol. The maximum atomic E-state index is 12.2. The van der Waals surface area contributed by atoms with Crippen LogP contribution in [0, 0.1) is 0 Å². The lowest BCUT2D eigenvalue weighted by Gasteiger charge is -2.30. The Bertz CT molecular complexity index is 529. The van der Waals surface area contributed by atoms with Gasteiger partial charge in [0.15, 0.2) is 0 Å². The van der Waals surface area contributed by atoms with E-state index in [9.17, 15) is 9.59 Å². The summed E-state index contributed by atoms with van der Waals surface area (Å²) in [5.41, 5.74) is 1.11. The highest BCUT2D eigenvalue weighted by atomic mass is 16.5. The van der Waals surface area contributed by atoms with Crippen molar-refractivity contribution in [2.75, 3.05) is 12.4 Å². The molecule has 1 aliphatic carbocycles. The Morgan fingerprint density at radius 1 is 1.33 bits per heavy atom. The van der Waals surface area contributed by atoms with Crippen LogP contribution in [0.5, 0.6) is 5.88 Å². The van der Waals surface area contributed by atoms with Gasteiger partial charge in [0.05, 0.1) is 24.4 Å². The van der Waals surface area contributed by atoms with Gasteiger partial charge >= 0.3 is 0 Å². The molecule has 3 rings (SSSR count). The topological polar surface area (TPSA) is 68.3 Å². The number of hydrogen-bond acceptors (Lipinski definition) is 4. The van der Waals surface area contributed by atoms with Gasteiger partial charge in [0, 0.05) is 18.9 Å². The first kappa shape index (κ1) is 11.2. The van der Waals surface area contributed by atoms with Crippen LogP contribution in [-0.4, -0.2) is 23.8 Å². The second-order valence-electron chi connectivity index (χ2n) is 4.85. The third-order valence-corrected chi connectivity index (χ3v) is 3.95. The average Bonchev–Trinajstić information content (AvgIpc) is 2.65. The van der Waals surface area contributed by atoms with E-state index in [0.717, 1.165) is 11.3 Å². The normalized spacial score (nSPS) is 20.7. The van der Waals surface area contributed by atoms with E-state index in [0.29, 0.717) is 31.6 Å². The number of hydrogen-bond donors (Lipinski definition) is 1. The van der Waals surface area contributed by atoms with Crippen molar-refractivity contribution in [2.45, 2.75) is 31.1 Å². The van der Waals surface area contributed by atoms with Crippen LogP contribution in [0.4, 0.5) is 5.69 Å². The Labute approximate surface area is 105 Å². The molecular formula is C13H14N2O3. The van der Waals surface area contributed by atoms with E-state index in [2.05, 4.69) is 10.3 Å². The van der Waals surface area contributed by atoms with Crippen LogP contribution in [-0.2, 0) is 15.0 Å². The van der Waals surface area contributed by atoms with Gasteiger partial charge in [-0.3, -0.25) is 9.59 Å². The van der Waals surface area contributed by atoms with E-state index < -0.39 is 5.41 Å². The van der Waals surface area contributed by atoms with Gasteiger partial charge in [-0.15, -0.1) is 0 Å². The molecule has 0 saturated heterocycles. The molecule has 5 nitrogen and oxygen atoms in total. The number of anilines is 1. The predicted molar refractivity (Wildman–Crippen MR) is 64.6 cm³/mol. The summed E-state index contributed by atoms with van der Waals surface area (Å²) < 4.78 is 5.11. The molecule has 1 aromatic heterocycles. The second kappa shape index (κ2) is 3.80. The van der Waals surface area contributed by atoms with Gasteiger partial charge in [-0.1, -0.05) is 0 Å². The standard InChI is InChI=1S/C13H14N2O3/c1-18-11-6-9-10(7-14-11)15-12(17)13(9)4-2-8(16)3-5-13/h6-7H,2-5H2,1H3,(H,15,17). The molecule has 0 unspecified atom stereocenters. The molecule has 2 heterocycles. The maximum Gasteiger partial charge on any atom is 0.235 e. The van der Waals surface area contributed by atoms with Crippen LogP contribution in [0.15, 0.2) is 12.3 Å². The molecule has 1 fully saturated rings. The van der Waals surface area contributed by atoms with Gasteiger partial charge in [0.2, 0.25) is 11.8 Å². The zero-order chi connectivity index (χ0) is 12.8. The molecule has 1 amide bonds. The van der Waals surface area contributed by atoms with Crippen molar-refractivity contribution in [3.63, 3.8) is 0 Å². The van der Waals surface area contributed by atoms with E-state index in [-0.39, 0.29) is 11.7 Å². The molecule has 0 radical (unpaired) electrons. The first-order chi connectivity index (χ1) is 8.65. The molecule has 1 N–H and O–H groups in total. The summed E-state index contributed by atoms with van der Waals surface area (Å²) in [6, 6.07) is 1.81. The number of methoxy groups -OCH3 is 1. The Hall–Kier alpha value is -1.91. The summed E-state index contributed by atoms with van der Waals surface area (Å²) in [7, 11) is 1.55. The summed E-state index contributed by atoms with van der Waals surface area (Å²) >= 11 is 0. The summed E-state index contributed by atoms with van der Waals surface area (Å²) in [6.45, 7) is 0. The van der Waals surface area contributed by atoms with Crippen LogP contribution in [0.3, 0.4) is 0 Å². The highest BCUT2D eigenvalue weighted by Gasteiger charge is 2.48. The van der Waals surface area contributed by atoms with E-state index >= 15 is 0 Å². The number of ether oxygens (including phenoxy) is 1. The average molecular weight is 246 g/mol. The summed E-state index contributed by atoms with van der Waals surface area (Å²) in [6.07, 6.45) is 3.72. The molecule has 0 atom stereocenters. The highest BCUT2D eigenvalue weighted by Crippen LogP contribution is 2.47. The van der Waals surface area contributed by atoms with E-state index in [1.54, 1.807) is 13.3 Å².